The largest absolute Gasteiger partial charge is 0.381 e. The summed E-state index contributed by atoms with van der Waals surface area (Å²) >= 11 is 0. The molecule has 2 aromatic rings. The lowest BCUT2D eigenvalue weighted by Gasteiger charge is -2.14. The van der Waals surface area contributed by atoms with Crippen LogP contribution in [0.4, 0.5) is 8.78 Å². The second-order valence-corrected chi connectivity index (χ2v) is 5.43. The Morgan fingerprint density at radius 1 is 1.42 bits per heavy atom. The van der Waals surface area contributed by atoms with E-state index in [1.165, 1.54) is 16.8 Å². The van der Waals surface area contributed by atoms with Crippen molar-refractivity contribution in [3.05, 3.63) is 47.3 Å². The van der Waals surface area contributed by atoms with Crippen molar-refractivity contribution in [1.82, 2.24) is 15.1 Å². The second-order valence-electron chi connectivity index (χ2n) is 5.43. The lowest BCUT2D eigenvalue weighted by atomic mass is 10.1. The van der Waals surface area contributed by atoms with Gasteiger partial charge >= 0.3 is 0 Å². The highest BCUT2D eigenvalue weighted by Gasteiger charge is 2.18. The second kappa shape index (κ2) is 8.01. The number of ether oxygens (including phenoxy) is 1. The van der Waals surface area contributed by atoms with Crippen molar-refractivity contribution in [2.45, 2.75) is 33.2 Å². The topological polar surface area (TPSA) is 56.1 Å². The van der Waals surface area contributed by atoms with E-state index < -0.39 is 11.6 Å². The van der Waals surface area contributed by atoms with Crippen molar-refractivity contribution < 1.29 is 18.3 Å². The quantitative estimate of drug-likeness (QED) is 0.790. The van der Waals surface area contributed by atoms with Gasteiger partial charge < -0.3 is 10.1 Å². The summed E-state index contributed by atoms with van der Waals surface area (Å²) in [6, 6.07) is 3.05. The Morgan fingerprint density at radius 2 is 2.17 bits per heavy atom. The third-order valence-corrected chi connectivity index (χ3v) is 3.71. The molecule has 130 valence electrons. The van der Waals surface area contributed by atoms with Crippen molar-refractivity contribution in [1.29, 1.82) is 0 Å². The van der Waals surface area contributed by atoms with Gasteiger partial charge in [0.1, 0.15) is 11.5 Å². The molecule has 5 nitrogen and oxygen atoms in total. The van der Waals surface area contributed by atoms with Crippen molar-refractivity contribution in [2.24, 2.45) is 0 Å². The molecule has 0 aliphatic heterocycles. The Hall–Kier alpha value is -2.28. The summed E-state index contributed by atoms with van der Waals surface area (Å²) in [4.78, 5) is 11.9. The van der Waals surface area contributed by atoms with Gasteiger partial charge in [-0.2, -0.15) is 5.10 Å². The summed E-state index contributed by atoms with van der Waals surface area (Å²) < 4.78 is 33.5. The molecule has 7 heteroatoms. The highest BCUT2D eigenvalue weighted by Crippen LogP contribution is 2.22. The van der Waals surface area contributed by atoms with E-state index in [1.807, 2.05) is 13.8 Å². The average molecular weight is 337 g/mol. The summed E-state index contributed by atoms with van der Waals surface area (Å²) in [6.45, 7) is 6.40. The first-order chi connectivity index (χ1) is 11.4. The van der Waals surface area contributed by atoms with Crippen molar-refractivity contribution >= 4 is 5.91 Å². The molecule has 0 aliphatic carbocycles. The fraction of sp³-hybridized carbons (Fsp3) is 0.412. The fourth-order valence-electron chi connectivity index (χ4n) is 2.44. The summed E-state index contributed by atoms with van der Waals surface area (Å²) in [5.41, 5.74) is 1.61. The van der Waals surface area contributed by atoms with Gasteiger partial charge in [-0.1, -0.05) is 0 Å². The Bertz CT molecular complexity index is 716. The summed E-state index contributed by atoms with van der Waals surface area (Å²) in [6.07, 6.45) is 1.85. The van der Waals surface area contributed by atoms with E-state index in [9.17, 15) is 13.6 Å². The molecule has 0 saturated carbocycles. The van der Waals surface area contributed by atoms with E-state index in [2.05, 4.69) is 10.4 Å². The van der Waals surface area contributed by atoms with Crippen LogP contribution >= 0.6 is 0 Å². The molecule has 2 rings (SSSR count). The molecule has 1 N–H and O–H groups in total. The maximum Gasteiger partial charge on any atom is 0.222 e. The van der Waals surface area contributed by atoms with E-state index in [1.54, 1.807) is 13.1 Å². The highest BCUT2D eigenvalue weighted by molar-refractivity contribution is 5.76. The molecule has 1 aromatic heterocycles. The first-order valence-electron chi connectivity index (χ1n) is 7.81. The summed E-state index contributed by atoms with van der Waals surface area (Å²) in [5, 5.41) is 7.02. The number of carbonyl (C=O) groups excluding carboxylic acids is 1. The molecule has 1 heterocycles. The normalized spacial score (nSPS) is 12.2. The van der Waals surface area contributed by atoms with Crippen LogP contribution in [0.1, 0.15) is 37.6 Å². The van der Waals surface area contributed by atoms with Gasteiger partial charge in [-0.25, -0.2) is 13.5 Å². The molecule has 1 aromatic carbocycles. The number of amides is 1. The third kappa shape index (κ3) is 4.17. The highest BCUT2D eigenvalue weighted by atomic mass is 19.1. The Morgan fingerprint density at radius 3 is 2.83 bits per heavy atom. The summed E-state index contributed by atoms with van der Waals surface area (Å²) in [5.74, 6) is -1.46. The smallest absolute Gasteiger partial charge is 0.222 e. The number of hydrogen-bond donors (Lipinski definition) is 1. The van der Waals surface area contributed by atoms with E-state index in [0.29, 0.717) is 18.9 Å². The van der Waals surface area contributed by atoms with Crippen molar-refractivity contribution in [3.63, 3.8) is 0 Å². The SMILES string of the molecule is CCOCCC(=O)N[C@H](C)c1cnn(-c2ccc(F)cc2F)c1C. The van der Waals surface area contributed by atoms with E-state index in [4.69, 9.17) is 4.74 Å². The predicted octanol–water partition coefficient (Wildman–Crippen LogP) is 3.06. The van der Waals surface area contributed by atoms with Crippen LogP contribution in [0.15, 0.2) is 24.4 Å². The van der Waals surface area contributed by atoms with Crippen LogP contribution in [0.2, 0.25) is 0 Å². The third-order valence-electron chi connectivity index (χ3n) is 3.71. The zero-order valence-corrected chi connectivity index (χ0v) is 14.0. The minimum atomic E-state index is -0.693. The number of benzene rings is 1. The first-order valence-corrected chi connectivity index (χ1v) is 7.81. The van der Waals surface area contributed by atoms with E-state index >= 15 is 0 Å². The van der Waals surface area contributed by atoms with Gasteiger partial charge in [-0.3, -0.25) is 4.79 Å². The van der Waals surface area contributed by atoms with Crippen LogP contribution in [0.25, 0.3) is 5.69 Å². The number of rotatable bonds is 7. The molecular weight excluding hydrogens is 316 g/mol. The van der Waals surface area contributed by atoms with Crippen LogP contribution in [0.5, 0.6) is 0 Å². The van der Waals surface area contributed by atoms with Gasteiger partial charge in [-0.05, 0) is 32.9 Å². The van der Waals surface area contributed by atoms with E-state index in [-0.39, 0.29) is 24.1 Å². The lowest BCUT2D eigenvalue weighted by Crippen LogP contribution is -2.27. The van der Waals surface area contributed by atoms with Gasteiger partial charge in [0.25, 0.3) is 0 Å². The monoisotopic (exact) mass is 337 g/mol. The molecule has 1 atom stereocenters. The Kier molecular flexibility index (Phi) is 6.03. The maximum atomic E-state index is 13.9. The van der Waals surface area contributed by atoms with E-state index in [0.717, 1.165) is 11.6 Å². The van der Waals surface area contributed by atoms with Gasteiger partial charge in [0.05, 0.1) is 18.8 Å². The number of hydrogen-bond acceptors (Lipinski definition) is 3. The standard InChI is InChI=1S/C17H21F2N3O2/c1-4-24-8-7-17(23)21-11(2)14-10-20-22(12(14)3)16-6-5-13(18)9-15(16)19/h5-6,9-11H,4,7-8H2,1-3H3,(H,21,23)/t11-/m1/s1. The molecule has 0 unspecified atom stereocenters. The van der Waals surface area contributed by atoms with Crippen LogP contribution in [-0.4, -0.2) is 28.9 Å². The van der Waals surface area contributed by atoms with Crippen LogP contribution in [-0.2, 0) is 9.53 Å². The number of nitrogens with zero attached hydrogens (tertiary/aromatic N) is 2. The summed E-state index contributed by atoms with van der Waals surface area (Å²) in [7, 11) is 0. The fourth-order valence-corrected chi connectivity index (χ4v) is 2.44. The molecule has 0 saturated heterocycles. The maximum absolute atomic E-state index is 13.9. The molecule has 0 spiro atoms. The van der Waals surface area contributed by atoms with Crippen LogP contribution < -0.4 is 5.32 Å². The van der Waals surface area contributed by atoms with Crippen molar-refractivity contribution in [2.75, 3.05) is 13.2 Å². The molecule has 0 fully saturated rings. The molecule has 0 bridgehead atoms. The molecule has 0 aliphatic rings. The van der Waals surface area contributed by atoms with Crippen molar-refractivity contribution in [3.8, 4) is 5.69 Å². The molecule has 0 radical (unpaired) electrons. The van der Waals surface area contributed by atoms with Crippen LogP contribution in [0.3, 0.4) is 0 Å². The molecule has 24 heavy (non-hydrogen) atoms. The van der Waals surface area contributed by atoms with Crippen LogP contribution in [0, 0.1) is 18.6 Å². The van der Waals surface area contributed by atoms with Gasteiger partial charge in [0.2, 0.25) is 5.91 Å². The zero-order chi connectivity index (χ0) is 17.7. The number of aromatic nitrogens is 2. The van der Waals surface area contributed by atoms with Gasteiger partial charge in [0.15, 0.2) is 5.82 Å². The zero-order valence-electron chi connectivity index (χ0n) is 14.0. The first kappa shape index (κ1) is 18.1. The van der Waals surface area contributed by atoms with Gasteiger partial charge in [-0.15, -0.1) is 0 Å². The average Bonchev–Trinajstić information content (AvgIpc) is 2.89. The van der Waals surface area contributed by atoms with Gasteiger partial charge in [0, 0.05) is 30.4 Å². The molecular formula is C17H21F2N3O2. The Labute approximate surface area is 139 Å². The number of nitrogens with one attached hydrogen (secondary N) is 1. The molecule has 1 amide bonds. The predicted molar refractivity (Wildman–Crippen MR) is 85.9 cm³/mol. The lowest BCUT2D eigenvalue weighted by molar-refractivity contribution is -0.122. The number of carbonyl (C=O) groups is 1. The Balaban J connectivity index is 2.13. The minimum Gasteiger partial charge on any atom is -0.381 e. The number of halogens is 2. The minimum absolute atomic E-state index is 0.129.